The molecule has 0 bridgehead atoms. The molecular formula is C14H15Br2NO. The summed E-state index contributed by atoms with van der Waals surface area (Å²) in [6, 6.07) is 10.2. The molecule has 0 aliphatic carbocycles. The zero-order valence-corrected chi connectivity index (χ0v) is 13.3. The zero-order valence-electron chi connectivity index (χ0n) is 10.1. The Labute approximate surface area is 124 Å². The van der Waals surface area contributed by atoms with Crippen molar-refractivity contribution in [2.45, 2.75) is 19.4 Å². The number of furan rings is 1. The molecule has 0 aliphatic rings. The number of nitrogens with one attached hydrogen (secondary N) is 1. The van der Waals surface area contributed by atoms with E-state index in [1.807, 2.05) is 18.2 Å². The predicted octanol–water partition coefficient (Wildman–Crippen LogP) is 4.89. The summed E-state index contributed by atoms with van der Waals surface area (Å²) in [5, 5.41) is 3.51. The summed E-state index contributed by atoms with van der Waals surface area (Å²) in [6.07, 6.45) is 2.80. The number of benzene rings is 1. The smallest absolute Gasteiger partial charge is 0.125 e. The summed E-state index contributed by atoms with van der Waals surface area (Å²) in [4.78, 5) is 0. The lowest BCUT2D eigenvalue weighted by Gasteiger charge is -2.18. The van der Waals surface area contributed by atoms with Crippen molar-refractivity contribution >= 4 is 31.9 Å². The minimum absolute atomic E-state index is 0.0856. The quantitative estimate of drug-likeness (QED) is 0.807. The van der Waals surface area contributed by atoms with Crippen LogP contribution in [0.15, 0.2) is 50.0 Å². The number of hydrogen-bond acceptors (Lipinski definition) is 2. The third kappa shape index (κ3) is 3.25. The zero-order chi connectivity index (χ0) is 13.0. The van der Waals surface area contributed by atoms with Gasteiger partial charge in [-0.2, -0.15) is 0 Å². The Hall–Kier alpha value is -0.580. The van der Waals surface area contributed by atoms with Gasteiger partial charge >= 0.3 is 0 Å². The summed E-state index contributed by atoms with van der Waals surface area (Å²) < 4.78 is 7.67. The summed E-state index contributed by atoms with van der Waals surface area (Å²) >= 11 is 7.09. The molecule has 2 aromatic rings. The van der Waals surface area contributed by atoms with Gasteiger partial charge in [-0.3, -0.25) is 0 Å². The van der Waals surface area contributed by atoms with Crippen LogP contribution in [-0.4, -0.2) is 6.54 Å². The molecule has 0 saturated heterocycles. The van der Waals surface area contributed by atoms with E-state index in [0.717, 1.165) is 27.7 Å². The van der Waals surface area contributed by atoms with E-state index in [4.69, 9.17) is 4.42 Å². The van der Waals surface area contributed by atoms with E-state index in [-0.39, 0.29) is 6.04 Å². The molecule has 2 rings (SSSR count). The Kier molecular flexibility index (Phi) is 5.03. The summed E-state index contributed by atoms with van der Waals surface area (Å²) in [6.45, 7) is 3.11. The summed E-state index contributed by atoms with van der Waals surface area (Å²) in [7, 11) is 0. The predicted molar refractivity (Wildman–Crippen MR) is 80.7 cm³/mol. The highest BCUT2D eigenvalue weighted by Crippen LogP contribution is 2.31. The minimum Gasteiger partial charge on any atom is -0.467 e. The van der Waals surface area contributed by atoms with E-state index >= 15 is 0 Å². The van der Waals surface area contributed by atoms with Crippen molar-refractivity contribution in [1.82, 2.24) is 5.32 Å². The molecule has 96 valence electrons. The van der Waals surface area contributed by atoms with Crippen molar-refractivity contribution in [3.63, 3.8) is 0 Å². The van der Waals surface area contributed by atoms with Crippen LogP contribution in [0, 0.1) is 0 Å². The molecule has 0 amide bonds. The Morgan fingerprint density at radius 3 is 2.72 bits per heavy atom. The second-order valence-electron chi connectivity index (χ2n) is 4.07. The molecule has 18 heavy (non-hydrogen) atoms. The van der Waals surface area contributed by atoms with Gasteiger partial charge < -0.3 is 9.73 Å². The molecule has 1 atom stereocenters. The second kappa shape index (κ2) is 6.55. The number of halogens is 2. The Morgan fingerprint density at radius 1 is 1.28 bits per heavy atom. The average Bonchev–Trinajstić information content (AvgIpc) is 2.85. The van der Waals surface area contributed by atoms with Crippen LogP contribution >= 0.6 is 31.9 Å². The first-order chi connectivity index (χ1) is 8.72. The first-order valence-corrected chi connectivity index (χ1v) is 7.52. The molecule has 4 heteroatoms. The van der Waals surface area contributed by atoms with E-state index in [9.17, 15) is 0 Å². The van der Waals surface area contributed by atoms with Crippen LogP contribution in [0.5, 0.6) is 0 Å². The summed E-state index contributed by atoms with van der Waals surface area (Å²) in [5.41, 5.74) is 1.18. The SMILES string of the molecule is CCCNC(c1ccco1)c1ccc(Br)cc1Br. The van der Waals surface area contributed by atoms with Crippen LogP contribution < -0.4 is 5.32 Å². The van der Waals surface area contributed by atoms with Crippen LogP contribution in [0.3, 0.4) is 0 Å². The van der Waals surface area contributed by atoms with Gasteiger partial charge in [0, 0.05) is 8.95 Å². The lowest BCUT2D eigenvalue weighted by atomic mass is 10.0. The van der Waals surface area contributed by atoms with Crippen LogP contribution in [0.25, 0.3) is 0 Å². The maximum Gasteiger partial charge on any atom is 0.125 e. The van der Waals surface area contributed by atoms with Gasteiger partial charge in [0.15, 0.2) is 0 Å². The van der Waals surface area contributed by atoms with Crippen molar-refractivity contribution in [3.8, 4) is 0 Å². The van der Waals surface area contributed by atoms with E-state index in [2.05, 4.69) is 56.2 Å². The van der Waals surface area contributed by atoms with Crippen molar-refractivity contribution < 1.29 is 4.42 Å². The number of hydrogen-bond donors (Lipinski definition) is 1. The van der Waals surface area contributed by atoms with E-state index in [1.54, 1.807) is 6.26 Å². The fraction of sp³-hybridized carbons (Fsp3) is 0.286. The van der Waals surface area contributed by atoms with Gasteiger partial charge in [0.2, 0.25) is 0 Å². The van der Waals surface area contributed by atoms with Crippen molar-refractivity contribution in [1.29, 1.82) is 0 Å². The molecule has 1 heterocycles. The standard InChI is InChI=1S/C14H15Br2NO/c1-2-7-17-14(13-4-3-8-18-13)11-6-5-10(15)9-12(11)16/h3-6,8-9,14,17H,2,7H2,1H3. The molecule has 0 spiro atoms. The largest absolute Gasteiger partial charge is 0.467 e. The van der Waals surface area contributed by atoms with Crippen LogP contribution in [0.4, 0.5) is 0 Å². The third-order valence-electron chi connectivity index (χ3n) is 2.70. The Bertz CT molecular complexity index is 497. The molecule has 1 unspecified atom stereocenters. The number of rotatable bonds is 5. The highest BCUT2D eigenvalue weighted by Gasteiger charge is 2.18. The maximum atomic E-state index is 5.54. The lowest BCUT2D eigenvalue weighted by Crippen LogP contribution is -2.23. The molecule has 1 aromatic heterocycles. The highest BCUT2D eigenvalue weighted by molar-refractivity contribution is 9.11. The fourth-order valence-corrected chi connectivity index (χ4v) is 3.12. The van der Waals surface area contributed by atoms with Gasteiger partial charge in [-0.1, -0.05) is 44.8 Å². The first-order valence-electron chi connectivity index (χ1n) is 5.94. The molecule has 1 aromatic carbocycles. The molecule has 0 radical (unpaired) electrons. The van der Waals surface area contributed by atoms with Crippen LogP contribution in [0.2, 0.25) is 0 Å². The van der Waals surface area contributed by atoms with Gasteiger partial charge in [0.25, 0.3) is 0 Å². The molecule has 2 nitrogen and oxygen atoms in total. The molecule has 0 fully saturated rings. The Morgan fingerprint density at radius 2 is 2.11 bits per heavy atom. The van der Waals surface area contributed by atoms with Crippen molar-refractivity contribution in [2.24, 2.45) is 0 Å². The molecule has 1 N–H and O–H groups in total. The van der Waals surface area contributed by atoms with Gasteiger partial charge in [0.1, 0.15) is 5.76 Å². The van der Waals surface area contributed by atoms with Gasteiger partial charge in [-0.05, 0) is 42.8 Å². The normalized spacial score (nSPS) is 12.6. The Balaban J connectivity index is 2.33. The highest BCUT2D eigenvalue weighted by atomic mass is 79.9. The van der Waals surface area contributed by atoms with Crippen LogP contribution in [-0.2, 0) is 0 Å². The van der Waals surface area contributed by atoms with Crippen molar-refractivity contribution in [3.05, 3.63) is 56.9 Å². The minimum atomic E-state index is 0.0856. The monoisotopic (exact) mass is 371 g/mol. The lowest BCUT2D eigenvalue weighted by molar-refractivity contribution is 0.446. The topological polar surface area (TPSA) is 25.2 Å². The van der Waals surface area contributed by atoms with Crippen LogP contribution in [0.1, 0.15) is 30.7 Å². The van der Waals surface area contributed by atoms with Gasteiger partial charge in [-0.15, -0.1) is 0 Å². The van der Waals surface area contributed by atoms with E-state index < -0.39 is 0 Å². The van der Waals surface area contributed by atoms with E-state index in [0.29, 0.717) is 0 Å². The fourth-order valence-electron chi connectivity index (χ4n) is 1.84. The molecule has 0 saturated carbocycles. The second-order valence-corrected chi connectivity index (χ2v) is 5.84. The van der Waals surface area contributed by atoms with E-state index in [1.165, 1.54) is 5.56 Å². The first kappa shape index (κ1) is 13.8. The maximum absolute atomic E-state index is 5.54. The van der Waals surface area contributed by atoms with Gasteiger partial charge in [-0.25, -0.2) is 0 Å². The summed E-state index contributed by atoms with van der Waals surface area (Å²) in [5.74, 6) is 0.937. The average molecular weight is 373 g/mol. The third-order valence-corrected chi connectivity index (χ3v) is 3.88. The molecule has 0 aliphatic heterocycles. The molecular weight excluding hydrogens is 358 g/mol. The van der Waals surface area contributed by atoms with Crippen molar-refractivity contribution in [2.75, 3.05) is 6.54 Å². The van der Waals surface area contributed by atoms with Gasteiger partial charge in [0.05, 0.1) is 12.3 Å².